The number of aryl methyl sites for hydroxylation is 1. The number of fused-ring (bicyclic) bond motifs is 1. The summed E-state index contributed by atoms with van der Waals surface area (Å²) in [7, 11) is 0. The maximum absolute atomic E-state index is 12.3. The Bertz CT molecular complexity index is 898. The Morgan fingerprint density at radius 1 is 1.28 bits per heavy atom. The first-order chi connectivity index (χ1) is 11.9. The van der Waals surface area contributed by atoms with Gasteiger partial charge >= 0.3 is 0 Å². The van der Waals surface area contributed by atoms with E-state index in [1.165, 1.54) is 0 Å². The minimum atomic E-state index is -0.616. The third-order valence-corrected chi connectivity index (χ3v) is 5.02. The standard InChI is InChI=1S/C20H21N3O2/c1-11-4-5-12(18(24)22-14-6-7-14)8-15(11)13-9-16-17(21-10-13)20(2,3)19(25)23-16/h4-5,8-10,14H,6-7H2,1-3H3,(H,22,24)(H,23,25). The average molecular weight is 335 g/mol. The Hall–Kier alpha value is -2.69. The SMILES string of the molecule is Cc1ccc(C(=O)NC2CC2)cc1-c1cnc2c(c1)NC(=O)C2(C)C. The number of carbonyl (C=O) groups is 2. The molecule has 0 spiro atoms. The average Bonchev–Trinajstić information content (AvgIpc) is 3.35. The van der Waals surface area contributed by atoms with E-state index >= 15 is 0 Å². The van der Waals surface area contributed by atoms with Crippen LogP contribution in [0.2, 0.25) is 0 Å². The molecule has 0 radical (unpaired) electrons. The summed E-state index contributed by atoms with van der Waals surface area (Å²) >= 11 is 0. The summed E-state index contributed by atoms with van der Waals surface area (Å²) in [5.74, 6) is -0.0752. The summed E-state index contributed by atoms with van der Waals surface area (Å²) in [5, 5.41) is 5.92. The topological polar surface area (TPSA) is 71.1 Å². The maximum atomic E-state index is 12.3. The second-order valence-electron chi connectivity index (χ2n) is 7.48. The van der Waals surface area contributed by atoms with Gasteiger partial charge in [-0.25, -0.2) is 0 Å². The van der Waals surface area contributed by atoms with Crippen molar-refractivity contribution in [3.05, 3.63) is 47.3 Å². The second-order valence-corrected chi connectivity index (χ2v) is 7.48. The molecule has 1 aromatic carbocycles. The van der Waals surface area contributed by atoms with Crippen molar-refractivity contribution in [3.63, 3.8) is 0 Å². The monoisotopic (exact) mass is 335 g/mol. The molecule has 2 N–H and O–H groups in total. The molecule has 2 heterocycles. The molecule has 1 aliphatic heterocycles. The Kier molecular flexibility index (Phi) is 3.42. The number of nitrogens with zero attached hydrogens (tertiary/aromatic N) is 1. The Labute approximate surface area is 146 Å². The molecule has 2 aliphatic rings. The van der Waals surface area contributed by atoms with E-state index < -0.39 is 5.41 Å². The van der Waals surface area contributed by atoms with Gasteiger partial charge in [-0.15, -0.1) is 0 Å². The van der Waals surface area contributed by atoms with E-state index in [1.54, 1.807) is 6.20 Å². The van der Waals surface area contributed by atoms with Gasteiger partial charge in [0, 0.05) is 23.4 Å². The molecular weight excluding hydrogens is 314 g/mol. The Morgan fingerprint density at radius 3 is 2.76 bits per heavy atom. The predicted octanol–water partition coefficient (Wildman–Crippen LogP) is 3.18. The second kappa shape index (κ2) is 5.41. The lowest BCUT2D eigenvalue weighted by molar-refractivity contribution is -0.119. The van der Waals surface area contributed by atoms with Crippen LogP contribution in [0.1, 0.15) is 48.3 Å². The normalized spacial score (nSPS) is 17.8. The van der Waals surface area contributed by atoms with E-state index in [9.17, 15) is 9.59 Å². The largest absolute Gasteiger partial charge is 0.349 e. The van der Waals surface area contributed by atoms with E-state index in [1.807, 2.05) is 45.0 Å². The van der Waals surface area contributed by atoms with Gasteiger partial charge in [0.25, 0.3) is 5.91 Å². The first-order valence-corrected chi connectivity index (χ1v) is 8.60. The van der Waals surface area contributed by atoms with E-state index in [-0.39, 0.29) is 11.8 Å². The molecule has 5 heteroatoms. The van der Waals surface area contributed by atoms with Crippen molar-refractivity contribution in [2.75, 3.05) is 5.32 Å². The highest BCUT2D eigenvalue weighted by Gasteiger charge is 2.40. The fourth-order valence-corrected chi connectivity index (χ4v) is 3.16. The van der Waals surface area contributed by atoms with Gasteiger partial charge in [-0.3, -0.25) is 14.6 Å². The van der Waals surface area contributed by atoms with Gasteiger partial charge in [-0.05, 0) is 62.9 Å². The van der Waals surface area contributed by atoms with Gasteiger partial charge in [-0.2, -0.15) is 0 Å². The van der Waals surface area contributed by atoms with Gasteiger partial charge in [-0.1, -0.05) is 6.07 Å². The highest BCUT2D eigenvalue weighted by atomic mass is 16.2. The zero-order chi connectivity index (χ0) is 17.8. The molecule has 4 rings (SSSR count). The maximum Gasteiger partial charge on any atom is 0.251 e. The third-order valence-electron chi connectivity index (χ3n) is 5.02. The summed E-state index contributed by atoms with van der Waals surface area (Å²) in [6.07, 6.45) is 3.91. The van der Waals surface area contributed by atoms with Gasteiger partial charge < -0.3 is 10.6 Å². The third kappa shape index (κ3) is 2.69. The Balaban J connectivity index is 1.71. The van der Waals surface area contributed by atoms with Crippen LogP contribution in [0, 0.1) is 6.92 Å². The van der Waals surface area contributed by atoms with Crippen LogP contribution in [0.5, 0.6) is 0 Å². The van der Waals surface area contributed by atoms with Crippen molar-refractivity contribution in [2.24, 2.45) is 0 Å². The highest BCUT2D eigenvalue weighted by molar-refractivity contribution is 6.05. The van der Waals surface area contributed by atoms with Crippen LogP contribution in [-0.4, -0.2) is 22.8 Å². The fraction of sp³-hybridized carbons (Fsp3) is 0.350. The first-order valence-electron chi connectivity index (χ1n) is 8.60. The molecule has 0 unspecified atom stereocenters. The van der Waals surface area contributed by atoms with Crippen LogP contribution < -0.4 is 10.6 Å². The molecule has 2 aromatic rings. The van der Waals surface area contributed by atoms with Crippen LogP contribution >= 0.6 is 0 Å². The molecule has 1 aromatic heterocycles. The number of aromatic nitrogens is 1. The lowest BCUT2D eigenvalue weighted by atomic mass is 9.90. The summed E-state index contributed by atoms with van der Waals surface area (Å²) in [6.45, 7) is 5.75. The number of amides is 2. The molecule has 0 atom stereocenters. The molecule has 5 nitrogen and oxygen atoms in total. The Morgan fingerprint density at radius 2 is 2.04 bits per heavy atom. The molecule has 0 saturated heterocycles. The predicted molar refractivity (Wildman–Crippen MR) is 96.6 cm³/mol. The van der Waals surface area contributed by atoms with Crippen LogP contribution in [0.25, 0.3) is 11.1 Å². The molecule has 128 valence electrons. The minimum Gasteiger partial charge on any atom is -0.349 e. The van der Waals surface area contributed by atoms with Crippen molar-refractivity contribution < 1.29 is 9.59 Å². The number of carbonyl (C=O) groups excluding carboxylic acids is 2. The van der Waals surface area contributed by atoms with Gasteiger partial charge in [0.2, 0.25) is 5.91 Å². The number of hydrogen-bond donors (Lipinski definition) is 2. The van der Waals surface area contributed by atoms with Crippen LogP contribution in [0.3, 0.4) is 0 Å². The highest BCUT2D eigenvalue weighted by Crippen LogP contribution is 2.38. The summed E-state index contributed by atoms with van der Waals surface area (Å²) in [4.78, 5) is 29.0. The van der Waals surface area contributed by atoms with E-state index in [0.717, 1.165) is 40.9 Å². The summed E-state index contributed by atoms with van der Waals surface area (Å²) in [6, 6.07) is 7.98. The summed E-state index contributed by atoms with van der Waals surface area (Å²) < 4.78 is 0. The number of anilines is 1. The van der Waals surface area contributed by atoms with Crippen LogP contribution in [-0.2, 0) is 10.2 Å². The van der Waals surface area contributed by atoms with Gasteiger partial charge in [0.05, 0.1) is 16.8 Å². The fourth-order valence-electron chi connectivity index (χ4n) is 3.16. The number of rotatable bonds is 3. The van der Waals surface area contributed by atoms with Crippen molar-refractivity contribution in [1.82, 2.24) is 10.3 Å². The molecule has 25 heavy (non-hydrogen) atoms. The number of hydrogen-bond acceptors (Lipinski definition) is 3. The van der Waals surface area contributed by atoms with E-state index in [4.69, 9.17) is 0 Å². The zero-order valence-electron chi connectivity index (χ0n) is 14.6. The van der Waals surface area contributed by atoms with E-state index in [2.05, 4.69) is 15.6 Å². The first kappa shape index (κ1) is 15.8. The van der Waals surface area contributed by atoms with Crippen LogP contribution in [0.4, 0.5) is 5.69 Å². The van der Waals surface area contributed by atoms with Crippen LogP contribution in [0.15, 0.2) is 30.5 Å². The van der Waals surface area contributed by atoms with Crippen molar-refractivity contribution in [3.8, 4) is 11.1 Å². The number of nitrogens with one attached hydrogen (secondary N) is 2. The smallest absolute Gasteiger partial charge is 0.251 e. The molecule has 1 aliphatic carbocycles. The summed E-state index contributed by atoms with van der Waals surface area (Å²) in [5.41, 5.74) is 4.47. The minimum absolute atomic E-state index is 0.0349. The molecule has 0 bridgehead atoms. The molecule has 2 amide bonds. The molecule has 1 fully saturated rings. The van der Waals surface area contributed by atoms with Crippen molar-refractivity contribution in [2.45, 2.75) is 45.1 Å². The quantitative estimate of drug-likeness (QED) is 0.905. The molecule has 1 saturated carbocycles. The lowest BCUT2D eigenvalue weighted by Gasteiger charge is -2.14. The number of benzene rings is 1. The lowest BCUT2D eigenvalue weighted by Crippen LogP contribution is -2.27. The molecular formula is C20H21N3O2. The van der Waals surface area contributed by atoms with Crippen molar-refractivity contribution in [1.29, 1.82) is 0 Å². The van der Waals surface area contributed by atoms with E-state index in [0.29, 0.717) is 11.6 Å². The number of pyridine rings is 1. The zero-order valence-corrected chi connectivity index (χ0v) is 14.6. The van der Waals surface area contributed by atoms with Gasteiger partial charge in [0.15, 0.2) is 0 Å². The van der Waals surface area contributed by atoms with Crippen molar-refractivity contribution >= 4 is 17.5 Å². The van der Waals surface area contributed by atoms with Gasteiger partial charge in [0.1, 0.15) is 0 Å².